The number of carboxylic acids is 1. The average Bonchev–Trinajstić information content (AvgIpc) is 3.30. The molecule has 32 heavy (non-hydrogen) atoms. The summed E-state index contributed by atoms with van der Waals surface area (Å²) in [5.41, 5.74) is 4.74. The number of carboxylic acid groups (broad SMARTS) is 1. The number of aromatic carboxylic acids is 1. The van der Waals surface area contributed by atoms with Crippen LogP contribution in [0.5, 0.6) is 5.75 Å². The van der Waals surface area contributed by atoms with Crippen LogP contribution in [0.15, 0.2) is 42.6 Å². The Balaban J connectivity index is 1.67. The third-order valence-electron chi connectivity index (χ3n) is 6.42. The number of nitrogens with zero attached hydrogens (tertiary/aromatic N) is 2. The summed E-state index contributed by atoms with van der Waals surface area (Å²) >= 11 is 0. The Kier molecular flexibility index (Phi) is 6.77. The van der Waals surface area contributed by atoms with Gasteiger partial charge < -0.3 is 19.7 Å². The topological polar surface area (TPSA) is 68.8 Å². The first-order valence-electron chi connectivity index (χ1n) is 11.0. The predicted molar refractivity (Wildman–Crippen MR) is 123 cm³/mol. The van der Waals surface area contributed by atoms with Gasteiger partial charge in [-0.25, -0.2) is 4.79 Å². The Morgan fingerprint density at radius 2 is 2.03 bits per heavy atom. The van der Waals surface area contributed by atoms with E-state index in [1.54, 1.807) is 19.2 Å². The number of nitrogens with one attached hydrogen (secondary N) is 1. The van der Waals surface area contributed by atoms with Gasteiger partial charge in [-0.2, -0.15) is 0 Å². The number of piperazine rings is 1. The summed E-state index contributed by atoms with van der Waals surface area (Å²) in [5.74, 6) is -0.0599. The number of fused-ring (bicyclic) bond motifs is 1. The number of benzene rings is 2. The number of methoxy groups -OCH3 is 1. The molecular weight excluding hydrogens is 409 g/mol. The molecule has 1 aliphatic rings. The highest BCUT2D eigenvalue weighted by Gasteiger charge is 2.29. The number of aromatic nitrogens is 1. The summed E-state index contributed by atoms with van der Waals surface area (Å²) < 4.78 is 18.5. The van der Waals surface area contributed by atoms with Crippen LogP contribution in [-0.2, 0) is 6.54 Å². The summed E-state index contributed by atoms with van der Waals surface area (Å²) in [6.45, 7) is 5.67. The number of hydrogen-bond acceptors (Lipinski definition) is 4. The molecule has 0 spiro atoms. The minimum Gasteiger partial charge on any atom is -0.496 e. The van der Waals surface area contributed by atoms with E-state index in [1.807, 2.05) is 18.3 Å². The van der Waals surface area contributed by atoms with Gasteiger partial charge in [0.25, 0.3) is 0 Å². The molecule has 1 saturated heterocycles. The van der Waals surface area contributed by atoms with Gasteiger partial charge in [-0.05, 0) is 48.7 Å². The second-order valence-corrected chi connectivity index (χ2v) is 8.40. The Labute approximate surface area is 187 Å². The molecule has 0 amide bonds. The molecule has 2 N–H and O–H groups in total. The van der Waals surface area contributed by atoms with E-state index in [-0.39, 0.29) is 18.3 Å². The zero-order valence-electron chi connectivity index (χ0n) is 18.6. The fraction of sp³-hybridized carbons (Fsp3) is 0.400. The van der Waals surface area contributed by atoms with Gasteiger partial charge in [-0.3, -0.25) is 9.29 Å². The molecule has 7 heteroatoms. The monoisotopic (exact) mass is 439 g/mol. The molecule has 4 rings (SSSR count). The minimum atomic E-state index is -0.930. The molecule has 0 bridgehead atoms. The molecule has 1 unspecified atom stereocenters. The van der Waals surface area contributed by atoms with E-state index in [1.165, 1.54) is 0 Å². The maximum absolute atomic E-state index is 12.8. The molecule has 2 aromatic carbocycles. The van der Waals surface area contributed by atoms with Crippen molar-refractivity contribution in [2.24, 2.45) is 0 Å². The molecule has 1 aromatic heterocycles. The quantitative estimate of drug-likeness (QED) is 0.545. The van der Waals surface area contributed by atoms with Crippen molar-refractivity contribution in [3.05, 3.63) is 64.8 Å². The molecule has 6 nitrogen and oxygen atoms in total. The van der Waals surface area contributed by atoms with Gasteiger partial charge in [0.1, 0.15) is 5.75 Å². The van der Waals surface area contributed by atoms with Crippen molar-refractivity contribution in [2.45, 2.75) is 25.9 Å². The SMILES string of the molecule is COc1cc(C)c2[nH]ccc2c1CN1CCN(CCCF)CC1c1ccc(C(=O)O)cc1. The molecule has 0 aliphatic carbocycles. The summed E-state index contributed by atoms with van der Waals surface area (Å²) in [6, 6.07) is 11.4. The van der Waals surface area contributed by atoms with Gasteiger partial charge in [0.05, 0.1) is 19.3 Å². The zero-order valence-corrected chi connectivity index (χ0v) is 18.6. The number of aromatic amines is 1. The largest absolute Gasteiger partial charge is 0.496 e. The molecule has 170 valence electrons. The summed E-state index contributed by atoms with van der Waals surface area (Å²) in [4.78, 5) is 19.3. The number of carbonyl (C=O) groups is 1. The van der Waals surface area contributed by atoms with Gasteiger partial charge in [0.2, 0.25) is 0 Å². The van der Waals surface area contributed by atoms with Crippen LogP contribution in [0.3, 0.4) is 0 Å². The van der Waals surface area contributed by atoms with Crippen LogP contribution >= 0.6 is 0 Å². The highest BCUT2D eigenvalue weighted by molar-refractivity contribution is 5.88. The lowest BCUT2D eigenvalue weighted by molar-refractivity contribution is 0.0658. The van der Waals surface area contributed by atoms with Crippen molar-refractivity contribution >= 4 is 16.9 Å². The third-order valence-corrected chi connectivity index (χ3v) is 6.42. The van der Waals surface area contributed by atoms with E-state index < -0.39 is 5.97 Å². The minimum absolute atomic E-state index is 0.0752. The molecule has 0 radical (unpaired) electrons. The first-order valence-corrected chi connectivity index (χ1v) is 11.0. The van der Waals surface area contributed by atoms with Crippen LogP contribution < -0.4 is 4.74 Å². The van der Waals surface area contributed by atoms with Crippen LogP contribution in [0, 0.1) is 6.92 Å². The lowest BCUT2D eigenvalue weighted by Gasteiger charge is -2.42. The summed E-state index contributed by atoms with van der Waals surface area (Å²) in [6.07, 6.45) is 2.48. The molecule has 1 fully saturated rings. The fourth-order valence-corrected chi connectivity index (χ4v) is 4.70. The smallest absolute Gasteiger partial charge is 0.335 e. The Morgan fingerprint density at radius 3 is 2.72 bits per heavy atom. The Bertz CT molecular complexity index is 1080. The number of rotatable bonds is 8. The van der Waals surface area contributed by atoms with E-state index in [0.29, 0.717) is 13.0 Å². The van der Waals surface area contributed by atoms with Crippen LogP contribution in [0.2, 0.25) is 0 Å². The third kappa shape index (κ3) is 4.49. The highest BCUT2D eigenvalue weighted by Crippen LogP contribution is 2.35. The maximum Gasteiger partial charge on any atom is 0.335 e. The van der Waals surface area contributed by atoms with E-state index >= 15 is 0 Å². The van der Waals surface area contributed by atoms with Crippen LogP contribution in [0.4, 0.5) is 4.39 Å². The molecule has 2 heterocycles. The summed E-state index contributed by atoms with van der Waals surface area (Å²) in [7, 11) is 1.70. The second-order valence-electron chi connectivity index (χ2n) is 8.40. The van der Waals surface area contributed by atoms with Crippen LogP contribution in [0.25, 0.3) is 10.9 Å². The van der Waals surface area contributed by atoms with E-state index in [0.717, 1.165) is 59.5 Å². The average molecular weight is 440 g/mol. The molecule has 3 aromatic rings. The molecule has 1 aliphatic heterocycles. The van der Waals surface area contributed by atoms with Gasteiger partial charge in [0, 0.05) is 61.4 Å². The lowest BCUT2D eigenvalue weighted by atomic mass is 9.98. The number of hydrogen-bond donors (Lipinski definition) is 2. The van der Waals surface area contributed by atoms with Crippen LogP contribution in [0.1, 0.15) is 39.5 Å². The van der Waals surface area contributed by atoms with Crippen molar-refractivity contribution in [1.29, 1.82) is 0 Å². The molecular formula is C25H30FN3O3. The number of halogens is 1. The Morgan fingerprint density at radius 1 is 1.25 bits per heavy atom. The number of ether oxygens (including phenoxy) is 1. The van der Waals surface area contributed by atoms with Crippen molar-refractivity contribution in [2.75, 3.05) is 40.0 Å². The van der Waals surface area contributed by atoms with Gasteiger partial charge >= 0.3 is 5.97 Å². The standard InChI is InChI=1S/C25H30FN3O3/c1-17-14-23(32-2)21(20-8-10-27-24(17)20)15-29-13-12-28(11-3-9-26)16-22(29)18-4-6-19(7-5-18)25(30)31/h4-8,10,14,22,27H,3,9,11-13,15-16H2,1-2H3,(H,30,31). The number of H-pyrrole nitrogens is 1. The van der Waals surface area contributed by atoms with Gasteiger partial charge in [-0.1, -0.05) is 12.1 Å². The van der Waals surface area contributed by atoms with Gasteiger partial charge in [0.15, 0.2) is 0 Å². The van der Waals surface area contributed by atoms with Crippen molar-refractivity contribution in [3.8, 4) is 5.75 Å². The van der Waals surface area contributed by atoms with Crippen molar-refractivity contribution in [1.82, 2.24) is 14.8 Å². The highest BCUT2D eigenvalue weighted by atomic mass is 19.1. The normalized spacial score (nSPS) is 17.7. The van der Waals surface area contributed by atoms with Crippen molar-refractivity contribution in [3.63, 3.8) is 0 Å². The van der Waals surface area contributed by atoms with E-state index in [9.17, 15) is 14.3 Å². The fourth-order valence-electron chi connectivity index (χ4n) is 4.70. The first kappa shape index (κ1) is 22.3. The second kappa shape index (κ2) is 9.71. The van der Waals surface area contributed by atoms with Gasteiger partial charge in [-0.15, -0.1) is 0 Å². The lowest BCUT2D eigenvalue weighted by Crippen LogP contribution is -2.48. The van der Waals surface area contributed by atoms with E-state index in [4.69, 9.17) is 4.74 Å². The van der Waals surface area contributed by atoms with Crippen LogP contribution in [-0.4, -0.2) is 65.8 Å². The Hall–Kier alpha value is -2.90. The van der Waals surface area contributed by atoms with Crippen molar-refractivity contribution < 1.29 is 19.0 Å². The number of aryl methyl sites for hydroxylation is 1. The molecule has 1 atom stereocenters. The first-order chi connectivity index (χ1) is 15.5. The maximum atomic E-state index is 12.8. The summed E-state index contributed by atoms with van der Waals surface area (Å²) in [5, 5.41) is 10.4. The van der Waals surface area contributed by atoms with E-state index in [2.05, 4.69) is 33.8 Å². The number of alkyl halides is 1. The molecule has 0 saturated carbocycles. The predicted octanol–water partition coefficient (Wildman–Crippen LogP) is 4.40. The zero-order chi connectivity index (χ0) is 22.7.